The molecule has 1 amide bonds. The standard InChI is InChI=1S/C23H26N6O3S/c1-31-17-5-6-19-18(8-17)23(27-13-26-19)32-11-16-3-2-14(9-25-16)24-10-15-4-7-20-22(28-15)29-21(30)12-33-20/h4-8,13-14,16,24-25H,2-3,9-12H2,1H3,(H,28,29,30)/t14-,16+/m0/s1. The molecule has 3 N–H and O–H groups in total. The second-order valence-electron chi connectivity index (χ2n) is 8.12. The van der Waals surface area contributed by atoms with Gasteiger partial charge in [-0.2, -0.15) is 0 Å². The van der Waals surface area contributed by atoms with Crippen LogP contribution in [0.2, 0.25) is 0 Å². The molecule has 2 aromatic heterocycles. The molecule has 0 aliphatic carbocycles. The van der Waals surface area contributed by atoms with Gasteiger partial charge in [-0.05, 0) is 43.2 Å². The maximum Gasteiger partial charge on any atom is 0.235 e. The van der Waals surface area contributed by atoms with E-state index >= 15 is 0 Å². The van der Waals surface area contributed by atoms with Gasteiger partial charge in [0.2, 0.25) is 11.8 Å². The van der Waals surface area contributed by atoms with Crippen molar-refractivity contribution in [2.75, 3.05) is 31.3 Å². The predicted molar refractivity (Wildman–Crippen MR) is 127 cm³/mol. The Morgan fingerprint density at radius 2 is 2.15 bits per heavy atom. The third-order valence-electron chi connectivity index (χ3n) is 5.85. The van der Waals surface area contributed by atoms with Crippen molar-refractivity contribution in [1.82, 2.24) is 25.6 Å². The van der Waals surface area contributed by atoms with E-state index in [1.54, 1.807) is 7.11 Å². The molecule has 0 unspecified atom stereocenters. The van der Waals surface area contributed by atoms with Crippen molar-refractivity contribution in [2.24, 2.45) is 0 Å². The first-order valence-electron chi connectivity index (χ1n) is 11.0. The average Bonchev–Trinajstić information content (AvgIpc) is 2.86. The van der Waals surface area contributed by atoms with Gasteiger partial charge in [-0.15, -0.1) is 11.8 Å². The zero-order chi connectivity index (χ0) is 22.6. The van der Waals surface area contributed by atoms with Crippen LogP contribution in [0.15, 0.2) is 41.6 Å². The summed E-state index contributed by atoms with van der Waals surface area (Å²) < 4.78 is 11.4. The molecular weight excluding hydrogens is 440 g/mol. The van der Waals surface area contributed by atoms with Gasteiger partial charge in [0.1, 0.15) is 24.5 Å². The molecule has 0 spiro atoms. The third kappa shape index (κ3) is 5.18. The number of thioether (sulfide) groups is 1. The van der Waals surface area contributed by atoms with Crippen LogP contribution in [-0.4, -0.2) is 59.0 Å². The summed E-state index contributed by atoms with van der Waals surface area (Å²) in [6, 6.07) is 10.3. The number of rotatable bonds is 7. The van der Waals surface area contributed by atoms with E-state index in [0.717, 1.165) is 46.6 Å². The number of piperidine rings is 1. The van der Waals surface area contributed by atoms with Gasteiger partial charge in [0.05, 0.1) is 34.4 Å². The highest BCUT2D eigenvalue weighted by Gasteiger charge is 2.22. The minimum atomic E-state index is 0.00366. The number of amides is 1. The van der Waals surface area contributed by atoms with Crippen molar-refractivity contribution >= 4 is 34.4 Å². The van der Waals surface area contributed by atoms with Crippen LogP contribution in [-0.2, 0) is 11.3 Å². The first kappa shape index (κ1) is 21.9. The molecule has 0 radical (unpaired) electrons. The number of nitrogens with one attached hydrogen (secondary N) is 3. The summed E-state index contributed by atoms with van der Waals surface area (Å²) in [6.45, 7) is 2.06. The Labute approximate surface area is 196 Å². The maximum absolute atomic E-state index is 11.6. The fourth-order valence-electron chi connectivity index (χ4n) is 4.02. The van der Waals surface area contributed by atoms with E-state index in [2.05, 4.69) is 30.9 Å². The molecule has 0 saturated carbocycles. The van der Waals surface area contributed by atoms with Crippen molar-refractivity contribution in [3.05, 3.63) is 42.4 Å². The summed E-state index contributed by atoms with van der Waals surface area (Å²) in [6.07, 6.45) is 3.56. The topological polar surface area (TPSA) is 110 Å². The first-order valence-corrected chi connectivity index (χ1v) is 12.0. The number of fused-ring (bicyclic) bond motifs is 2. The third-order valence-corrected chi connectivity index (χ3v) is 6.89. The molecule has 2 aliphatic rings. The number of hydrogen-bond donors (Lipinski definition) is 3. The minimum absolute atomic E-state index is 0.00366. The number of carbonyl (C=O) groups is 1. The molecule has 10 heteroatoms. The highest BCUT2D eigenvalue weighted by molar-refractivity contribution is 8.00. The monoisotopic (exact) mass is 466 g/mol. The van der Waals surface area contributed by atoms with Gasteiger partial charge in [0.25, 0.3) is 0 Å². The largest absolute Gasteiger partial charge is 0.497 e. The molecule has 4 heterocycles. The molecule has 172 valence electrons. The molecule has 5 rings (SSSR count). The van der Waals surface area contributed by atoms with Gasteiger partial charge >= 0.3 is 0 Å². The lowest BCUT2D eigenvalue weighted by atomic mass is 10.0. The van der Waals surface area contributed by atoms with Gasteiger partial charge < -0.3 is 25.4 Å². The molecule has 33 heavy (non-hydrogen) atoms. The normalized spacial score (nSPS) is 20.2. The maximum atomic E-state index is 11.6. The summed E-state index contributed by atoms with van der Waals surface area (Å²) >= 11 is 1.53. The number of aromatic nitrogens is 3. The summed E-state index contributed by atoms with van der Waals surface area (Å²) in [5.41, 5.74) is 1.75. The fraction of sp³-hybridized carbons (Fsp3) is 0.391. The number of hydrogen-bond acceptors (Lipinski definition) is 9. The van der Waals surface area contributed by atoms with E-state index in [1.807, 2.05) is 30.3 Å². The van der Waals surface area contributed by atoms with Crippen LogP contribution in [0.3, 0.4) is 0 Å². The number of pyridine rings is 1. The summed E-state index contributed by atoms with van der Waals surface area (Å²) in [7, 11) is 1.64. The van der Waals surface area contributed by atoms with E-state index in [9.17, 15) is 4.79 Å². The van der Waals surface area contributed by atoms with E-state index in [4.69, 9.17) is 9.47 Å². The van der Waals surface area contributed by atoms with E-state index in [-0.39, 0.29) is 11.9 Å². The number of methoxy groups -OCH3 is 1. The van der Waals surface area contributed by atoms with Gasteiger partial charge in [-0.1, -0.05) is 0 Å². The molecule has 9 nitrogen and oxygen atoms in total. The van der Waals surface area contributed by atoms with Crippen molar-refractivity contribution in [2.45, 2.75) is 36.4 Å². The lowest BCUT2D eigenvalue weighted by Gasteiger charge is -2.30. The van der Waals surface area contributed by atoms with Gasteiger partial charge in [-0.25, -0.2) is 15.0 Å². The Morgan fingerprint density at radius 1 is 1.21 bits per heavy atom. The molecule has 2 aliphatic heterocycles. The molecule has 3 aromatic rings. The summed E-state index contributed by atoms with van der Waals surface area (Å²) in [5.74, 6) is 2.45. The second kappa shape index (κ2) is 9.90. The van der Waals surface area contributed by atoms with Crippen LogP contribution in [0, 0.1) is 0 Å². The Morgan fingerprint density at radius 3 is 3.00 bits per heavy atom. The van der Waals surface area contributed by atoms with Crippen LogP contribution >= 0.6 is 11.8 Å². The first-order chi connectivity index (χ1) is 16.2. The van der Waals surface area contributed by atoms with Crippen molar-refractivity contribution < 1.29 is 14.3 Å². The zero-order valence-corrected chi connectivity index (χ0v) is 19.2. The van der Waals surface area contributed by atoms with Gasteiger partial charge in [0.15, 0.2) is 0 Å². The number of carbonyl (C=O) groups excluding carboxylic acids is 1. The quantitative estimate of drug-likeness (QED) is 0.483. The Bertz CT molecular complexity index is 1150. The lowest BCUT2D eigenvalue weighted by Crippen LogP contribution is -2.49. The van der Waals surface area contributed by atoms with Crippen molar-refractivity contribution in [3.63, 3.8) is 0 Å². The predicted octanol–water partition coefficient (Wildman–Crippen LogP) is 2.37. The highest BCUT2D eigenvalue weighted by Crippen LogP contribution is 2.30. The molecule has 1 aromatic carbocycles. The molecule has 2 atom stereocenters. The Hall–Kier alpha value is -2.95. The second-order valence-corrected chi connectivity index (χ2v) is 9.14. The molecule has 1 saturated heterocycles. The number of anilines is 1. The average molecular weight is 467 g/mol. The number of nitrogens with zero attached hydrogens (tertiary/aromatic N) is 3. The van der Waals surface area contributed by atoms with Crippen LogP contribution in [0.5, 0.6) is 11.6 Å². The summed E-state index contributed by atoms with van der Waals surface area (Å²) in [5, 5.41) is 10.8. The van der Waals surface area contributed by atoms with Crippen molar-refractivity contribution in [3.8, 4) is 11.6 Å². The molecular formula is C23H26N6O3S. The van der Waals surface area contributed by atoms with Crippen LogP contribution in [0.4, 0.5) is 5.82 Å². The van der Waals surface area contributed by atoms with Crippen LogP contribution < -0.4 is 25.4 Å². The van der Waals surface area contributed by atoms with Crippen molar-refractivity contribution in [1.29, 1.82) is 0 Å². The van der Waals surface area contributed by atoms with E-state index in [1.165, 1.54) is 18.1 Å². The lowest BCUT2D eigenvalue weighted by molar-refractivity contribution is -0.113. The minimum Gasteiger partial charge on any atom is -0.497 e. The fourth-order valence-corrected chi connectivity index (χ4v) is 4.77. The molecule has 1 fully saturated rings. The van der Waals surface area contributed by atoms with E-state index in [0.29, 0.717) is 36.6 Å². The number of benzene rings is 1. The van der Waals surface area contributed by atoms with Gasteiger partial charge in [0, 0.05) is 25.2 Å². The highest BCUT2D eigenvalue weighted by atomic mass is 32.2. The van der Waals surface area contributed by atoms with Crippen LogP contribution in [0.1, 0.15) is 18.5 Å². The van der Waals surface area contributed by atoms with E-state index < -0.39 is 0 Å². The van der Waals surface area contributed by atoms with Crippen LogP contribution in [0.25, 0.3) is 10.9 Å². The Balaban J connectivity index is 1.11. The molecule has 0 bridgehead atoms. The number of ether oxygens (including phenoxy) is 2. The van der Waals surface area contributed by atoms with Gasteiger partial charge in [-0.3, -0.25) is 4.79 Å². The SMILES string of the molecule is COc1ccc2ncnc(OC[C@H]3CC[C@H](NCc4ccc5c(n4)NC(=O)CS5)CN3)c2c1. The zero-order valence-electron chi connectivity index (χ0n) is 18.3. The Kier molecular flexibility index (Phi) is 6.56. The smallest absolute Gasteiger partial charge is 0.235 e. The summed E-state index contributed by atoms with van der Waals surface area (Å²) in [4.78, 5) is 25.8.